The largest absolute Gasteiger partial charge is 0.393 e. The van der Waals surface area contributed by atoms with E-state index in [1.807, 2.05) is 30.3 Å². The molecule has 2 N–H and O–H groups in total. The van der Waals surface area contributed by atoms with Crippen LogP contribution < -0.4 is 5.32 Å². The lowest BCUT2D eigenvalue weighted by Gasteiger charge is -2.46. The van der Waals surface area contributed by atoms with E-state index in [0.717, 1.165) is 10.9 Å². The summed E-state index contributed by atoms with van der Waals surface area (Å²) >= 11 is 0. The smallest absolute Gasteiger partial charge is 0.254 e. The first-order valence-electron chi connectivity index (χ1n) is 8.17. The Labute approximate surface area is 144 Å². The molecule has 126 valence electrons. The molecule has 4 rings (SSSR count). The highest BCUT2D eigenvalue weighted by atomic mass is 19.1. The summed E-state index contributed by atoms with van der Waals surface area (Å²) < 4.78 is 14.4. The Kier molecular flexibility index (Phi) is 3.73. The number of amides is 1. The lowest BCUT2D eigenvalue weighted by atomic mass is 9.69. The van der Waals surface area contributed by atoms with Gasteiger partial charge in [0.1, 0.15) is 5.82 Å². The molecule has 1 aromatic heterocycles. The summed E-state index contributed by atoms with van der Waals surface area (Å²) in [6.45, 7) is 0. The highest BCUT2D eigenvalue weighted by Gasteiger charge is 2.46. The second-order valence-corrected chi connectivity index (χ2v) is 6.52. The molecular weight excluding hydrogens is 319 g/mol. The molecule has 1 amide bonds. The zero-order chi connectivity index (χ0) is 17.4. The molecule has 0 radical (unpaired) electrons. The first-order chi connectivity index (χ1) is 12.1. The minimum Gasteiger partial charge on any atom is -0.393 e. The maximum absolute atomic E-state index is 14.4. The van der Waals surface area contributed by atoms with Crippen LogP contribution >= 0.6 is 0 Å². The summed E-state index contributed by atoms with van der Waals surface area (Å²) in [5.41, 5.74) is 0.256. The molecule has 3 aromatic rings. The summed E-state index contributed by atoms with van der Waals surface area (Å²) in [6.07, 6.45) is 3.54. The summed E-state index contributed by atoms with van der Waals surface area (Å²) in [7, 11) is 0. The van der Waals surface area contributed by atoms with Crippen molar-refractivity contribution < 1.29 is 14.3 Å². The number of carbonyl (C=O) groups excluding carboxylic acids is 1. The van der Waals surface area contributed by atoms with Gasteiger partial charge in [0.15, 0.2) is 0 Å². The van der Waals surface area contributed by atoms with Gasteiger partial charge in [0, 0.05) is 30.6 Å². The predicted octanol–water partition coefficient (Wildman–Crippen LogP) is 3.15. The normalized spacial score (nSPS) is 22.4. The Hall–Kier alpha value is -2.79. The van der Waals surface area contributed by atoms with Crippen molar-refractivity contribution in [3.63, 3.8) is 0 Å². The van der Waals surface area contributed by atoms with Crippen LogP contribution in [-0.2, 0) is 5.54 Å². The van der Waals surface area contributed by atoms with E-state index >= 15 is 0 Å². The van der Waals surface area contributed by atoms with Gasteiger partial charge in [-0.2, -0.15) is 0 Å². The second-order valence-electron chi connectivity index (χ2n) is 6.52. The van der Waals surface area contributed by atoms with E-state index in [0.29, 0.717) is 18.2 Å². The number of nitrogens with zero attached hydrogens (tertiary/aromatic N) is 1. The minimum absolute atomic E-state index is 0.00426. The van der Waals surface area contributed by atoms with Crippen LogP contribution in [0.1, 0.15) is 28.8 Å². The van der Waals surface area contributed by atoms with Gasteiger partial charge in [-0.1, -0.05) is 30.3 Å². The molecule has 4 nitrogen and oxygen atoms in total. The van der Waals surface area contributed by atoms with Crippen molar-refractivity contribution >= 4 is 16.7 Å². The number of rotatable bonds is 3. The third-order valence-corrected chi connectivity index (χ3v) is 4.82. The van der Waals surface area contributed by atoms with Gasteiger partial charge in [0.2, 0.25) is 0 Å². The van der Waals surface area contributed by atoms with Crippen LogP contribution in [0, 0.1) is 5.82 Å². The molecule has 1 fully saturated rings. The van der Waals surface area contributed by atoms with E-state index in [-0.39, 0.29) is 5.56 Å². The number of pyridine rings is 1. The summed E-state index contributed by atoms with van der Waals surface area (Å²) in [6, 6.07) is 14.1. The lowest BCUT2D eigenvalue weighted by molar-refractivity contribution is 0.000927. The highest BCUT2D eigenvalue weighted by molar-refractivity contribution is 5.99. The zero-order valence-corrected chi connectivity index (χ0v) is 13.4. The minimum atomic E-state index is -0.655. The molecule has 0 bridgehead atoms. The second kappa shape index (κ2) is 5.93. The number of aliphatic hydroxyl groups excluding tert-OH is 1. The van der Waals surface area contributed by atoms with Gasteiger partial charge in [0.05, 0.1) is 17.2 Å². The number of nitrogens with one attached hydrogen (secondary N) is 1. The number of carbonyl (C=O) groups is 1. The van der Waals surface area contributed by atoms with Gasteiger partial charge >= 0.3 is 0 Å². The van der Waals surface area contributed by atoms with Gasteiger partial charge in [-0.25, -0.2) is 4.39 Å². The quantitative estimate of drug-likeness (QED) is 0.772. The number of hydrogen-bond donors (Lipinski definition) is 2. The van der Waals surface area contributed by atoms with Crippen LogP contribution in [0.25, 0.3) is 10.8 Å². The molecule has 1 aliphatic carbocycles. The maximum atomic E-state index is 14.4. The molecule has 2 aromatic carbocycles. The van der Waals surface area contributed by atoms with Crippen LogP contribution in [0.2, 0.25) is 0 Å². The number of aliphatic hydroxyl groups is 1. The Balaban J connectivity index is 1.68. The van der Waals surface area contributed by atoms with Gasteiger partial charge in [-0.15, -0.1) is 0 Å². The van der Waals surface area contributed by atoms with Crippen LogP contribution in [0.4, 0.5) is 4.39 Å². The molecule has 25 heavy (non-hydrogen) atoms. The Bertz CT molecular complexity index is 937. The van der Waals surface area contributed by atoms with E-state index in [1.54, 1.807) is 18.5 Å². The first kappa shape index (κ1) is 15.7. The lowest BCUT2D eigenvalue weighted by Crippen LogP contribution is -2.56. The molecule has 0 spiro atoms. The Morgan fingerprint density at radius 2 is 1.92 bits per heavy atom. The fourth-order valence-corrected chi connectivity index (χ4v) is 3.48. The molecule has 1 heterocycles. The topological polar surface area (TPSA) is 62.2 Å². The monoisotopic (exact) mass is 336 g/mol. The molecule has 0 atom stereocenters. The van der Waals surface area contributed by atoms with Crippen molar-refractivity contribution in [2.45, 2.75) is 24.5 Å². The van der Waals surface area contributed by atoms with E-state index < -0.39 is 23.4 Å². The van der Waals surface area contributed by atoms with Crippen molar-refractivity contribution in [3.05, 3.63) is 77.9 Å². The van der Waals surface area contributed by atoms with Crippen molar-refractivity contribution in [1.29, 1.82) is 0 Å². The van der Waals surface area contributed by atoms with E-state index in [1.165, 1.54) is 12.1 Å². The van der Waals surface area contributed by atoms with Crippen LogP contribution in [-0.4, -0.2) is 22.1 Å². The average Bonchev–Trinajstić information content (AvgIpc) is 2.60. The highest BCUT2D eigenvalue weighted by Crippen LogP contribution is 2.41. The summed E-state index contributed by atoms with van der Waals surface area (Å²) in [5.74, 6) is -1.06. The molecular formula is C20H17FN2O2. The fraction of sp³-hybridized carbons (Fsp3) is 0.200. The molecule has 0 unspecified atom stereocenters. The third kappa shape index (κ3) is 2.76. The van der Waals surface area contributed by atoms with E-state index in [2.05, 4.69) is 10.3 Å². The maximum Gasteiger partial charge on any atom is 0.254 e. The summed E-state index contributed by atoms with van der Waals surface area (Å²) in [4.78, 5) is 16.7. The molecule has 1 aliphatic rings. The van der Waals surface area contributed by atoms with E-state index in [9.17, 15) is 14.3 Å². The van der Waals surface area contributed by atoms with Crippen LogP contribution in [0.5, 0.6) is 0 Å². The first-order valence-corrected chi connectivity index (χ1v) is 8.17. The molecule has 0 aliphatic heterocycles. The van der Waals surface area contributed by atoms with Crippen molar-refractivity contribution in [2.24, 2.45) is 0 Å². The van der Waals surface area contributed by atoms with Gasteiger partial charge < -0.3 is 10.4 Å². The standard InChI is InChI=1S/C20H17FN2O2/c21-18-9-14-12-22-7-6-13(14)8-17(18)19(25)23-20(10-16(24)11-20)15-4-2-1-3-5-15/h1-9,12,16,24H,10-11H2,(H,23,25). The Morgan fingerprint density at radius 1 is 1.16 bits per heavy atom. The van der Waals surface area contributed by atoms with E-state index in [4.69, 9.17) is 0 Å². The van der Waals surface area contributed by atoms with Gasteiger partial charge in [-0.3, -0.25) is 9.78 Å². The van der Waals surface area contributed by atoms with Gasteiger partial charge in [0.25, 0.3) is 5.91 Å². The van der Waals surface area contributed by atoms with Gasteiger partial charge in [-0.05, 0) is 29.1 Å². The fourth-order valence-electron chi connectivity index (χ4n) is 3.48. The van der Waals surface area contributed by atoms with Crippen molar-refractivity contribution in [3.8, 4) is 0 Å². The molecule has 1 saturated carbocycles. The number of benzene rings is 2. The number of hydrogen-bond acceptors (Lipinski definition) is 3. The van der Waals surface area contributed by atoms with Crippen LogP contribution in [0.3, 0.4) is 0 Å². The third-order valence-electron chi connectivity index (χ3n) is 4.82. The molecule has 5 heteroatoms. The summed E-state index contributed by atoms with van der Waals surface area (Å²) in [5, 5.41) is 14.1. The van der Waals surface area contributed by atoms with Crippen LogP contribution in [0.15, 0.2) is 60.9 Å². The van der Waals surface area contributed by atoms with Crippen molar-refractivity contribution in [1.82, 2.24) is 10.3 Å². The number of aromatic nitrogens is 1. The average molecular weight is 336 g/mol. The SMILES string of the molecule is O=C(NC1(c2ccccc2)CC(O)C1)c1cc2ccncc2cc1F. The zero-order valence-electron chi connectivity index (χ0n) is 13.4. The number of halogens is 1. The molecule has 0 saturated heterocycles. The number of fused-ring (bicyclic) bond motifs is 1. The Morgan fingerprint density at radius 3 is 2.64 bits per heavy atom. The predicted molar refractivity (Wildman–Crippen MR) is 92.5 cm³/mol. The van der Waals surface area contributed by atoms with Crippen molar-refractivity contribution in [2.75, 3.05) is 0 Å².